The van der Waals surface area contributed by atoms with Crippen LogP contribution in [0.2, 0.25) is 0 Å². The molecule has 1 aliphatic carbocycles. The van der Waals surface area contributed by atoms with Crippen LogP contribution in [0.15, 0.2) is 29.2 Å². The van der Waals surface area contributed by atoms with Crippen molar-refractivity contribution in [3.05, 3.63) is 29.8 Å². The molecule has 0 aromatic heterocycles. The third-order valence-corrected chi connectivity index (χ3v) is 6.93. The first kappa shape index (κ1) is 21.1. The molecule has 1 aromatic rings. The highest BCUT2D eigenvalue weighted by atomic mass is 35.5. The smallest absolute Gasteiger partial charge is 0.251 e. The molecule has 1 saturated heterocycles. The normalized spacial score (nSPS) is 20.3. The zero-order valence-corrected chi connectivity index (χ0v) is 16.3. The van der Waals surface area contributed by atoms with E-state index in [9.17, 15) is 13.2 Å². The Morgan fingerprint density at radius 3 is 2.50 bits per heavy atom. The van der Waals surface area contributed by atoms with Gasteiger partial charge in [-0.1, -0.05) is 18.9 Å². The van der Waals surface area contributed by atoms with Gasteiger partial charge in [0, 0.05) is 25.2 Å². The summed E-state index contributed by atoms with van der Waals surface area (Å²) in [5.74, 6) is -0.272. The zero-order valence-electron chi connectivity index (χ0n) is 14.6. The first-order valence-corrected chi connectivity index (χ1v) is 10.1. The van der Waals surface area contributed by atoms with Crippen LogP contribution in [-0.2, 0) is 14.8 Å². The van der Waals surface area contributed by atoms with Gasteiger partial charge in [0.15, 0.2) is 0 Å². The fourth-order valence-electron chi connectivity index (χ4n) is 3.48. The van der Waals surface area contributed by atoms with Crippen LogP contribution < -0.4 is 11.1 Å². The summed E-state index contributed by atoms with van der Waals surface area (Å²) in [6, 6.07) is 6.20. The van der Waals surface area contributed by atoms with Gasteiger partial charge in [0.1, 0.15) is 0 Å². The van der Waals surface area contributed by atoms with Crippen LogP contribution in [0.1, 0.15) is 36.0 Å². The first-order chi connectivity index (χ1) is 12.0. The molecule has 0 bridgehead atoms. The van der Waals surface area contributed by atoms with E-state index in [1.165, 1.54) is 16.4 Å². The van der Waals surface area contributed by atoms with Crippen LogP contribution in [-0.4, -0.2) is 57.0 Å². The number of ether oxygens (including phenoxy) is 1. The molecule has 9 heteroatoms. The van der Waals surface area contributed by atoms with Gasteiger partial charge in [0.05, 0.1) is 23.6 Å². The second-order valence-electron chi connectivity index (χ2n) is 6.69. The number of sulfonamides is 1. The monoisotopic (exact) mass is 403 g/mol. The molecule has 0 atom stereocenters. The number of nitrogens with two attached hydrogens (primary N) is 1. The van der Waals surface area contributed by atoms with Crippen LogP contribution in [0.5, 0.6) is 0 Å². The lowest BCUT2D eigenvalue weighted by molar-refractivity contribution is 0.0730. The molecule has 146 valence electrons. The maximum atomic E-state index is 12.7. The number of nitrogens with one attached hydrogen (secondary N) is 1. The molecule has 2 aliphatic rings. The molecule has 0 spiro atoms. The summed E-state index contributed by atoms with van der Waals surface area (Å²) in [6.45, 7) is 1.82. The number of benzene rings is 1. The summed E-state index contributed by atoms with van der Waals surface area (Å²) in [7, 11) is -3.62. The minimum absolute atomic E-state index is 0. The lowest BCUT2D eigenvalue weighted by atomic mass is 9.97. The number of halogens is 1. The highest BCUT2D eigenvalue weighted by Gasteiger charge is 2.34. The quantitative estimate of drug-likeness (QED) is 0.767. The van der Waals surface area contributed by atoms with Gasteiger partial charge in [-0.25, -0.2) is 8.42 Å². The van der Waals surface area contributed by atoms with Crippen molar-refractivity contribution < 1.29 is 17.9 Å². The third kappa shape index (κ3) is 4.37. The molecule has 1 amide bonds. The summed E-state index contributed by atoms with van der Waals surface area (Å²) in [5, 5.41) is 3.02. The Balaban J connectivity index is 0.00000243. The van der Waals surface area contributed by atoms with Crippen molar-refractivity contribution in [1.82, 2.24) is 9.62 Å². The molecule has 3 N–H and O–H groups in total. The molecule has 26 heavy (non-hydrogen) atoms. The van der Waals surface area contributed by atoms with Crippen molar-refractivity contribution in [2.45, 2.75) is 36.1 Å². The fraction of sp³-hybridized carbons (Fsp3) is 0.588. The Hall–Kier alpha value is -1.19. The number of carbonyl (C=O) groups is 1. The van der Waals surface area contributed by atoms with Crippen LogP contribution in [0, 0.1) is 0 Å². The standard InChI is InChI=1S/C17H25N3O4S.ClH/c18-13-17(6-1-2-7-17)19-16(21)14-4-3-5-15(12-14)25(22,23)20-8-10-24-11-9-20;/h3-5,12H,1-2,6-11,13,18H2,(H,19,21);1H. The number of amides is 1. The third-order valence-electron chi connectivity index (χ3n) is 5.03. The van der Waals surface area contributed by atoms with E-state index in [0.717, 1.165) is 25.7 Å². The number of hydrogen-bond donors (Lipinski definition) is 2. The van der Waals surface area contributed by atoms with Gasteiger partial charge < -0.3 is 15.8 Å². The lowest BCUT2D eigenvalue weighted by Crippen LogP contribution is -2.51. The second-order valence-corrected chi connectivity index (χ2v) is 8.63. The predicted octanol–water partition coefficient (Wildman–Crippen LogP) is 1.13. The minimum Gasteiger partial charge on any atom is -0.379 e. The predicted molar refractivity (Wildman–Crippen MR) is 101 cm³/mol. The van der Waals surface area contributed by atoms with Crippen molar-refractivity contribution in [3.8, 4) is 0 Å². The molecule has 1 aliphatic heterocycles. The van der Waals surface area contributed by atoms with Gasteiger partial charge in [0.2, 0.25) is 10.0 Å². The summed E-state index contributed by atoms with van der Waals surface area (Å²) in [5.41, 5.74) is 5.84. The Bertz CT molecular complexity index is 729. The van der Waals surface area contributed by atoms with Gasteiger partial charge in [-0.3, -0.25) is 4.79 Å². The summed E-state index contributed by atoms with van der Waals surface area (Å²) in [6.07, 6.45) is 3.81. The second kappa shape index (κ2) is 8.67. The lowest BCUT2D eigenvalue weighted by Gasteiger charge is -2.29. The number of nitrogens with zero attached hydrogens (tertiary/aromatic N) is 1. The average Bonchev–Trinajstić information content (AvgIpc) is 3.11. The number of hydrogen-bond acceptors (Lipinski definition) is 5. The van der Waals surface area contributed by atoms with Crippen molar-refractivity contribution in [1.29, 1.82) is 0 Å². The highest BCUT2D eigenvalue weighted by molar-refractivity contribution is 7.89. The van der Waals surface area contributed by atoms with Crippen molar-refractivity contribution >= 4 is 28.3 Å². The molecular weight excluding hydrogens is 378 g/mol. The molecule has 0 unspecified atom stereocenters. The Labute approximate surface area is 160 Å². The van der Waals surface area contributed by atoms with Crippen LogP contribution >= 0.6 is 12.4 Å². The molecule has 7 nitrogen and oxygen atoms in total. The fourth-order valence-corrected chi connectivity index (χ4v) is 4.93. The van der Waals surface area contributed by atoms with Gasteiger partial charge in [-0.15, -0.1) is 12.4 Å². The topological polar surface area (TPSA) is 102 Å². The van der Waals surface area contributed by atoms with E-state index in [2.05, 4.69) is 5.32 Å². The van der Waals surface area contributed by atoms with Crippen molar-refractivity contribution in [2.24, 2.45) is 5.73 Å². The maximum absolute atomic E-state index is 12.7. The summed E-state index contributed by atoms with van der Waals surface area (Å²) >= 11 is 0. The van der Waals surface area contributed by atoms with Crippen LogP contribution in [0.4, 0.5) is 0 Å². The van der Waals surface area contributed by atoms with E-state index in [0.29, 0.717) is 38.4 Å². The molecule has 1 saturated carbocycles. The maximum Gasteiger partial charge on any atom is 0.251 e. The Morgan fingerprint density at radius 1 is 1.23 bits per heavy atom. The first-order valence-electron chi connectivity index (χ1n) is 8.67. The molecule has 0 radical (unpaired) electrons. The Kier molecular flexibility index (Phi) is 7.04. The van der Waals surface area contributed by atoms with E-state index in [1.807, 2.05) is 0 Å². The number of rotatable bonds is 5. The molecule has 3 rings (SSSR count). The van der Waals surface area contributed by atoms with E-state index < -0.39 is 10.0 Å². The molecular formula is C17H26ClN3O4S. The zero-order chi connectivity index (χ0) is 17.9. The van der Waals surface area contributed by atoms with E-state index in [4.69, 9.17) is 10.5 Å². The average molecular weight is 404 g/mol. The number of carbonyl (C=O) groups excluding carboxylic acids is 1. The highest BCUT2D eigenvalue weighted by Crippen LogP contribution is 2.29. The van der Waals surface area contributed by atoms with Gasteiger partial charge in [0.25, 0.3) is 5.91 Å². The minimum atomic E-state index is -3.62. The summed E-state index contributed by atoms with van der Waals surface area (Å²) < 4.78 is 32.1. The van der Waals surface area contributed by atoms with Gasteiger partial charge >= 0.3 is 0 Å². The largest absolute Gasteiger partial charge is 0.379 e. The molecule has 2 fully saturated rings. The van der Waals surface area contributed by atoms with E-state index in [-0.39, 0.29) is 28.7 Å². The molecule has 1 heterocycles. The van der Waals surface area contributed by atoms with E-state index in [1.54, 1.807) is 12.1 Å². The van der Waals surface area contributed by atoms with Crippen LogP contribution in [0.25, 0.3) is 0 Å². The van der Waals surface area contributed by atoms with Crippen molar-refractivity contribution in [2.75, 3.05) is 32.8 Å². The van der Waals surface area contributed by atoms with Crippen molar-refractivity contribution in [3.63, 3.8) is 0 Å². The van der Waals surface area contributed by atoms with Crippen LogP contribution in [0.3, 0.4) is 0 Å². The Morgan fingerprint density at radius 2 is 1.88 bits per heavy atom. The summed E-state index contributed by atoms with van der Waals surface area (Å²) in [4.78, 5) is 12.8. The molecule has 1 aromatic carbocycles. The van der Waals surface area contributed by atoms with Gasteiger partial charge in [-0.2, -0.15) is 4.31 Å². The van der Waals surface area contributed by atoms with E-state index >= 15 is 0 Å². The number of morpholine rings is 1. The van der Waals surface area contributed by atoms with Gasteiger partial charge in [-0.05, 0) is 31.0 Å². The SMILES string of the molecule is Cl.NCC1(NC(=O)c2cccc(S(=O)(=O)N3CCOCC3)c2)CCCC1.